The third kappa shape index (κ3) is 4.37. The van der Waals surface area contributed by atoms with Gasteiger partial charge in [0.25, 0.3) is 0 Å². The van der Waals surface area contributed by atoms with Crippen LogP contribution in [0.2, 0.25) is 5.02 Å². The molecule has 0 atom stereocenters. The van der Waals surface area contributed by atoms with Gasteiger partial charge in [-0.2, -0.15) is 0 Å². The number of thiophene rings is 1. The fraction of sp³-hybridized carbons (Fsp3) is 0.105. The molecule has 3 nitrogen and oxygen atoms in total. The molecule has 0 aliphatic heterocycles. The zero-order valence-corrected chi connectivity index (χ0v) is 14.4. The van der Waals surface area contributed by atoms with Crippen LogP contribution < -0.4 is 5.32 Å². The molecule has 0 saturated carbocycles. The molecule has 0 aliphatic carbocycles. The van der Waals surface area contributed by atoms with Crippen molar-refractivity contribution in [1.82, 2.24) is 0 Å². The van der Waals surface area contributed by atoms with Crippen molar-refractivity contribution in [1.29, 1.82) is 0 Å². The Bertz CT molecular complexity index is 817. The molecule has 0 radical (unpaired) electrons. The van der Waals surface area contributed by atoms with Gasteiger partial charge in [0.1, 0.15) is 6.61 Å². The van der Waals surface area contributed by atoms with Crippen LogP contribution in [0.3, 0.4) is 0 Å². The second kappa shape index (κ2) is 7.99. The van der Waals surface area contributed by atoms with Gasteiger partial charge in [-0.15, -0.1) is 11.3 Å². The normalized spacial score (nSPS) is 10.4. The van der Waals surface area contributed by atoms with E-state index in [9.17, 15) is 4.79 Å². The van der Waals surface area contributed by atoms with Gasteiger partial charge in [0.05, 0.1) is 22.8 Å². The number of nitrogens with one attached hydrogen (secondary N) is 1. The summed E-state index contributed by atoms with van der Waals surface area (Å²) in [5.74, 6) is -0.247. The lowest BCUT2D eigenvalue weighted by Crippen LogP contribution is -2.08. The lowest BCUT2D eigenvalue weighted by Gasteiger charge is -2.09. The predicted octanol–water partition coefficient (Wildman–Crippen LogP) is 5.43. The maximum atomic E-state index is 12.1. The maximum absolute atomic E-state index is 12.1. The van der Waals surface area contributed by atoms with E-state index in [0.717, 1.165) is 21.8 Å². The molecule has 122 valence electrons. The number of hydrogen-bond donors (Lipinski definition) is 1. The van der Waals surface area contributed by atoms with E-state index in [-0.39, 0.29) is 12.4 Å². The van der Waals surface area contributed by atoms with Crippen molar-refractivity contribution >= 4 is 40.3 Å². The molecule has 0 fully saturated rings. The van der Waals surface area contributed by atoms with E-state index in [0.29, 0.717) is 11.6 Å². The Labute approximate surface area is 149 Å². The van der Waals surface area contributed by atoms with Gasteiger partial charge in [0, 0.05) is 4.88 Å². The highest BCUT2D eigenvalue weighted by atomic mass is 35.5. The molecule has 3 aromatic rings. The van der Waals surface area contributed by atoms with Gasteiger partial charge < -0.3 is 10.1 Å². The minimum atomic E-state index is -0.247. The molecule has 2 aromatic carbocycles. The van der Waals surface area contributed by atoms with Gasteiger partial charge in [0.2, 0.25) is 0 Å². The quantitative estimate of drug-likeness (QED) is 0.598. The molecule has 1 aromatic heterocycles. The van der Waals surface area contributed by atoms with Crippen LogP contribution in [-0.4, -0.2) is 5.97 Å². The largest absolute Gasteiger partial charge is 0.461 e. The van der Waals surface area contributed by atoms with Crippen LogP contribution in [0.5, 0.6) is 0 Å². The number of rotatable bonds is 6. The summed E-state index contributed by atoms with van der Waals surface area (Å²) in [4.78, 5) is 13.0. The predicted molar refractivity (Wildman–Crippen MR) is 99.0 cm³/mol. The lowest BCUT2D eigenvalue weighted by atomic mass is 10.2. The molecule has 3 rings (SSSR count). The topological polar surface area (TPSA) is 38.3 Å². The number of hydrogen-bond acceptors (Lipinski definition) is 4. The Morgan fingerprint density at radius 3 is 2.54 bits per heavy atom. The first kappa shape index (κ1) is 16.6. The van der Waals surface area contributed by atoms with E-state index < -0.39 is 0 Å². The summed E-state index contributed by atoms with van der Waals surface area (Å²) in [6, 6.07) is 19.1. The van der Waals surface area contributed by atoms with Crippen LogP contribution in [0.1, 0.15) is 10.4 Å². The van der Waals surface area contributed by atoms with Gasteiger partial charge in [-0.05, 0) is 29.1 Å². The highest BCUT2D eigenvalue weighted by Crippen LogP contribution is 2.30. The third-order valence-corrected chi connectivity index (χ3v) is 4.69. The van der Waals surface area contributed by atoms with E-state index in [4.69, 9.17) is 16.3 Å². The lowest BCUT2D eigenvalue weighted by molar-refractivity contribution is -0.144. The molecule has 0 saturated heterocycles. The number of esters is 1. The molecule has 0 spiro atoms. The summed E-state index contributed by atoms with van der Waals surface area (Å²) in [6.45, 7) is 0.290. The minimum Gasteiger partial charge on any atom is -0.461 e. The average Bonchev–Trinajstić information content (AvgIpc) is 3.03. The van der Waals surface area contributed by atoms with E-state index in [1.54, 1.807) is 0 Å². The Morgan fingerprint density at radius 1 is 1.00 bits per heavy atom. The summed E-state index contributed by atoms with van der Waals surface area (Å²) < 4.78 is 5.34. The SMILES string of the molecule is O=C(Cc1sccc1Nc1ccccc1Cl)OCc1ccccc1. The van der Waals surface area contributed by atoms with Gasteiger partial charge in [0.15, 0.2) is 0 Å². The standard InChI is InChI=1S/C19H16ClNO2S/c20-15-8-4-5-9-16(15)21-17-10-11-24-18(17)12-19(22)23-13-14-6-2-1-3-7-14/h1-11,21H,12-13H2. The van der Waals surface area contributed by atoms with Crippen molar-refractivity contribution in [2.24, 2.45) is 0 Å². The monoisotopic (exact) mass is 357 g/mol. The smallest absolute Gasteiger partial charge is 0.311 e. The Kier molecular flexibility index (Phi) is 5.51. The summed E-state index contributed by atoms with van der Waals surface area (Å²) in [7, 11) is 0. The van der Waals surface area contributed by atoms with E-state index >= 15 is 0 Å². The molecule has 24 heavy (non-hydrogen) atoms. The van der Waals surface area contributed by atoms with Crippen LogP contribution >= 0.6 is 22.9 Å². The first-order valence-electron chi connectivity index (χ1n) is 7.50. The number of carbonyl (C=O) groups is 1. The Morgan fingerprint density at radius 2 is 1.75 bits per heavy atom. The van der Waals surface area contributed by atoms with Gasteiger partial charge >= 0.3 is 5.97 Å². The number of halogens is 1. The molecule has 1 heterocycles. The Balaban J connectivity index is 1.61. The second-order valence-electron chi connectivity index (χ2n) is 5.19. The summed E-state index contributed by atoms with van der Waals surface area (Å²) in [5, 5.41) is 5.85. The van der Waals surface area contributed by atoms with Crippen LogP contribution in [-0.2, 0) is 22.6 Å². The minimum absolute atomic E-state index is 0.233. The number of para-hydroxylation sites is 1. The molecule has 0 amide bonds. The Hall–Kier alpha value is -2.30. The number of carbonyl (C=O) groups excluding carboxylic acids is 1. The van der Waals surface area contributed by atoms with Crippen molar-refractivity contribution in [3.8, 4) is 0 Å². The highest BCUT2D eigenvalue weighted by Gasteiger charge is 2.12. The molecule has 1 N–H and O–H groups in total. The van der Waals surface area contributed by atoms with Crippen molar-refractivity contribution in [2.45, 2.75) is 13.0 Å². The first-order valence-corrected chi connectivity index (χ1v) is 8.75. The zero-order valence-electron chi connectivity index (χ0n) is 12.9. The van der Waals surface area contributed by atoms with Crippen molar-refractivity contribution < 1.29 is 9.53 Å². The van der Waals surface area contributed by atoms with Gasteiger partial charge in [-0.25, -0.2) is 0 Å². The number of benzene rings is 2. The van der Waals surface area contributed by atoms with Crippen molar-refractivity contribution in [3.63, 3.8) is 0 Å². The third-order valence-electron chi connectivity index (χ3n) is 3.44. The van der Waals surface area contributed by atoms with Gasteiger partial charge in [-0.3, -0.25) is 4.79 Å². The molecule has 0 bridgehead atoms. The van der Waals surface area contributed by atoms with Crippen LogP contribution in [0.25, 0.3) is 0 Å². The first-order chi connectivity index (χ1) is 11.7. The number of anilines is 2. The summed E-state index contributed by atoms with van der Waals surface area (Å²) in [6.07, 6.45) is 0.233. The van der Waals surface area contributed by atoms with Crippen LogP contribution in [0.4, 0.5) is 11.4 Å². The fourth-order valence-electron chi connectivity index (χ4n) is 2.22. The van der Waals surface area contributed by atoms with Crippen LogP contribution in [0, 0.1) is 0 Å². The molecular weight excluding hydrogens is 342 g/mol. The summed E-state index contributed by atoms with van der Waals surface area (Å²) in [5.41, 5.74) is 2.67. The van der Waals surface area contributed by atoms with Crippen molar-refractivity contribution in [2.75, 3.05) is 5.32 Å². The van der Waals surface area contributed by atoms with E-state index in [1.807, 2.05) is 66.0 Å². The van der Waals surface area contributed by atoms with Gasteiger partial charge in [-0.1, -0.05) is 54.1 Å². The molecule has 0 aliphatic rings. The second-order valence-corrected chi connectivity index (χ2v) is 6.59. The zero-order chi connectivity index (χ0) is 16.8. The van der Waals surface area contributed by atoms with Crippen LogP contribution in [0.15, 0.2) is 66.0 Å². The maximum Gasteiger partial charge on any atom is 0.311 e. The summed E-state index contributed by atoms with van der Waals surface area (Å²) >= 11 is 7.68. The van der Waals surface area contributed by atoms with E-state index in [2.05, 4.69) is 5.32 Å². The fourth-order valence-corrected chi connectivity index (χ4v) is 3.22. The number of ether oxygens (including phenoxy) is 1. The average molecular weight is 358 g/mol. The van der Waals surface area contributed by atoms with E-state index in [1.165, 1.54) is 11.3 Å². The molecular formula is C19H16ClNO2S. The van der Waals surface area contributed by atoms with Crippen molar-refractivity contribution in [3.05, 3.63) is 81.5 Å². The highest BCUT2D eigenvalue weighted by molar-refractivity contribution is 7.10. The molecule has 5 heteroatoms. The molecule has 0 unspecified atom stereocenters.